The van der Waals surface area contributed by atoms with Gasteiger partial charge in [-0.1, -0.05) is 0 Å². The minimum atomic E-state index is -0.583. The van der Waals surface area contributed by atoms with Crippen LogP contribution in [0, 0.1) is 10.1 Å². The molecule has 19 heavy (non-hydrogen) atoms. The molecule has 0 unspecified atom stereocenters. The molecule has 0 bridgehead atoms. The Kier molecular flexibility index (Phi) is 5.23. The number of carbonyl (C=O) groups is 1. The van der Waals surface area contributed by atoms with E-state index >= 15 is 0 Å². The minimum absolute atomic E-state index is 0.0431. The predicted octanol–water partition coefficient (Wildman–Crippen LogP) is 1.88. The van der Waals surface area contributed by atoms with Gasteiger partial charge in [-0.3, -0.25) is 14.9 Å². The number of aromatic nitrogens is 1. The van der Waals surface area contributed by atoms with Gasteiger partial charge in [0.25, 0.3) is 5.69 Å². The van der Waals surface area contributed by atoms with Gasteiger partial charge in [-0.05, 0) is 20.8 Å². The van der Waals surface area contributed by atoms with Crippen LogP contribution in [-0.2, 0) is 16.0 Å². The minimum Gasteiger partial charge on any atom is -0.475 e. The lowest BCUT2D eigenvalue weighted by Crippen LogP contribution is -2.13. The molecule has 1 heterocycles. The highest BCUT2D eigenvalue weighted by molar-refractivity contribution is 5.73. The van der Waals surface area contributed by atoms with E-state index in [4.69, 9.17) is 9.47 Å². The van der Waals surface area contributed by atoms with E-state index in [0.29, 0.717) is 0 Å². The zero-order valence-corrected chi connectivity index (χ0v) is 11.1. The van der Waals surface area contributed by atoms with Crippen LogP contribution < -0.4 is 4.74 Å². The quantitative estimate of drug-likeness (QED) is 0.444. The third-order valence-electron chi connectivity index (χ3n) is 2.09. The molecular weight excluding hydrogens is 252 g/mol. The molecule has 0 aliphatic rings. The second-order valence-electron chi connectivity index (χ2n) is 4.02. The standard InChI is InChI=1S/C12H16N2O5/c1-4-18-12(15)7-9-10(14(16)17)5-6-11(13-9)19-8(2)3/h5-6,8H,4,7H2,1-3H3. The van der Waals surface area contributed by atoms with Gasteiger partial charge < -0.3 is 9.47 Å². The van der Waals surface area contributed by atoms with E-state index in [1.165, 1.54) is 12.1 Å². The van der Waals surface area contributed by atoms with Gasteiger partial charge in [0.05, 0.1) is 24.1 Å². The van der Waals surface area contributed by atoms with Crippen molar-refractivity contribution in [1.82, 2.24) is 4.98 Å². The van der Waals surface area contributed by atoms with Crippen LogP contribution in [0.1, 0.15) is 26.5 Å². The molecule has 0 atom stereocenters. The summed E-state index contributed by atoms with van der Waals surface area (Å²) in [7, 11) is 0. The normalized spacial score (nSPS) is 10.3. The lowest BCUT2D eigenvalue weighted by Gasteiger charge is -2.10. The van der Waals surface area contributed by atoms with Crippen LogP contribution in [0.15, 0.2) is 12.1 Å². The number of nitro groups is 1. The van der Waals surface area contributed by atoms with Crippen LogP contribution in [0.4, 0.5) is 5.69 Å². The molecular formula is C12H16N2O5. The fraction of sp³-hybridized carbons (Fsp3) is 0.500. The van der Waals surface area contributed by atoms with Crippen molar-refractivity contribution in [3.63, 3.8) is 0 Å². The van der Waals surface area contributed by atoms with Crippen LogP contribution in [-0.4, -0.2) is 28.6 Å². The van der Waals surface area contributed by atoms with Gasteiger partial charge in [0.15, 0.2) is 0 Å². The van der Waals surface area contributed by atoms with E-state index in [1.54, 1.807) is 6.92 Å². The number of ether oxygens (including phenoxy) is 2. The van der Waals surface area contributed by atoms with Crippen molar-refractivity contribution in [2.75, 3.05) is 6.61 Å². The molecule has 104 valence electrons. The summed E-state index contributed by atoms with van der Waals surface area (Å²) in [5.74, 6) is -0.306. The van der Waals surface area contributed by atoms with Gasteiger partial charge in [-0.2, -0.15) is 0 Å². The molecule has 0 saturated heterocycles. The Hall–Kier alpha value is -2.18. The van der Waals surface area contributed by atoms with Crippen LogP contribution in [0.25, 0.3) is 0 Å². The molecule has 7 heteroatoms. The van der Waals surface area contributed by atoms with Crippen molar-refractivity contribution in [3.05, 3.63) is 27.9 Å². The number of hydrogen-bond acceptors (Lipinski definition) is 6. The van der Waals surface area contributed by atoms with Crippen molar-refractivity contribution in [1.29, 1.82) is 0 Å². The van der Waals surface area contributed by atoms with E-state index in [0.717, 1.165) is 0 Å². The number of hydrogen-bond donors (Lipinski definition) is 0. The van der Waals surface area contributed by atoms with E-state index in [2.05, 4.69) is 4.98 Å². The van der Waals surface area contributed by atoms with Gasteiger partial charge in [-0.25, -0.2) is 4.98 Å². The SMILES string of the molecule is CCOC(=O)Cc1nc(OC(C)C)ccc1[N+](=O)[O-]. The molecule has 0 fully saturated rings. The fourth-order valence-corrected chi connectivity index (χ4v) is 1.43. The highest BCUT2D eigenvalue weighted by atomic mass is 16.6. The van der Waals surface area contributed by atoms with Gasteiger partial charge in [0.1, 0.15) is 5.69 Å². The summed E-state index contributed by atoms with van der Waals surface area (Å²) in [6.07, 6.45) is -0.358. The molecule has 0 aromatic carbocycles. The Morgan fingerprint density at radius 2 is 2.16 bits per heavy atom. The first-order valence-electron chi connectivity index (χ1n) is 5.90. The van der Waals surface area contributed by atoms with Crippen LogP contribution >= 0.6 is 0 Å². The molecule has 0 amide bonds. The van der Waals surface area contributed by atoms with Crippen LogP contribution in [0.3, 0.4) is 0 Å². The Bertz CT molecular complexity index is 473. The predicted molar refractivity (Wildman–Crippen MR) is 67.0 cm³/mol. The van der Waals surface area contributed by atoms with E-state index < -0.39 is 10.9 Å². The Labute approximate surface area is 110 Å². The molecule has 1 aromatic rings. The highest BCUT2D eigenvalue weighted by Gasteiger charge is 2.20. The Morgan fingerprint density at radius 3 is 2.68 bits per heavy atom. The number of esters is 1. The average molecular weight is 268 g/mol. The highest BCUT2D eigenvalue weighted by Crippen LogP contribution is 2.21. The third-order valence-corrected chi connectivity index (χ3v) is 2.09. The summed E-state index contributed by atoms with van der Waals surface area (Å²) in [5, 5.41) is 10.9. The van der Waals surface area contributed by atoms with Crippen molar-refractivity contribution in [3.8, 4) is 5.88 Å². The monoisotopic (exact) mass is 268 g/mol. The maximum Gasteiger partial charge on any atom is 0.312 e. The zero-order valence-electron chi connectivity index (χ0n) is 11.1. The van der Waals surface area contributed by atoms with E-state index in [9.17, 15) is 14.9 Å². The second-order valence-corrected chi connectivity index (χ2v) is 4.02. The number of pyridine rings is 1. The average Bonchev–Trinajstić information content (AvgIpc) is 2.28. The number of carbonyl (C=O) groups excluding carboxylic acids is 1. The van der Waals surface area contributed by atoms with E-state index in [1.807, 2.05) is 13.8 Å². The fourth-order valence-electron chi connectivity index (χ4n) is 1.43. The second kappa shape index (κ2) is 6.67. The first-order chi connectivity index (χ1) is 8.93. The molecule has 0 spiro atoms. The lowest BCUT2D eigenvalue weighted by atomic mass is 10.2. The van der Waals surface area contributed by atoms with Gasteiger partial charge in [0, 0.05) is 12.1 Å². The first-order valence-corrected chi connectivity index (χ1v) is 5.90. The summed E-state index contributed by atoms with van der Waals surface area (Å²) < 4.78 is 10.1. The third kappa shape index (κ3) is 4.53. The van der Waals surface area contributed by atoms with E-state index in [-0.39, 0.29) is 36.4 Å². The smallest absolute Gasteiger partial charge is 0.312 e. The van der Waals surface area contributed by atoms with Crippen molar-refractivity contribution in [2.24, 2.45) is 0 Å². The molecule has 0 radical (unpaired) electrons. The summed E-state index contributed by atoms with van der Waals surface area (Å²) in [6.45, 7) is 5.51. The molecule has 1 aromatic heterocycles. The molecule has 1 rings (SSSR count). The summed E-state index contributed by atoms with van der Waals surface area (Å²) >= 11 is 0. The maximum atomic E-state index is 11.4. The van der Waals surface area contributed by atoms with Gasteiger partial charge in [0.2, 0.25) is 5.88 Å². The van der Waals surface area contributed by atoms with Crippen molar-refractivity contribution in [2.45, 2.75) is 33.3 Å². The summed E-state index contributed by atoms with van der Waals surface area (Å²) in [5.41, 5.74) is -0.175. The molecule has 0 N–H and O–H groups in total. The number of nitrogens with zero attached hydrogens (tertiary/aromatic N) is 2. The topological polar surface area (TPSA) is 91.6 Å². The van der Waals surface area contributed by atoms with Gasteiger partial charge in [-0.15, -0.1) is 0 Å². The molecule has 7 nitrogen and oxygen atoms in total. The first kappa shape index (κ1) is 14.9. The molecule has 0 aliphatic carbocycles. The lowest BCUT2D eigenvalue weighted by molar-refractivity contribution is -0.385. The number of rotatable bonds is 6. The van der Waals surface area contributed by atoms with Crippen molar-refractivity contribution >= 4 is 11.7 Å². The Balaban J connectivity index is 3.01. The zero-order chi connectivity index (χ0) is 14.4. The molecule has 0 saturated carbocycles. The summed E-state index contributed by atoms with van der Waals surface area (Å²) in [6, 6.07) is 2.69. The molecule has 0 aliphatic heterocycles. The largest absolute Gasteiger partial charge is 0.475 e. The maximum absolute atomic E-state index is 11.4. The van der Waals surface area contributed by atoms with Crippen LogP contribution in [0.2, 0.25) is 0 Å². The van der Waals surface area contributed by atoms with Crippen LogP contribution in [0.5, 0.6) is 5.88 Å². The van der Waals surface area contributed by atoms with Crippen molar-refractivity contribution < 1.29 is 19.2 Å². The summed E-state index contributed by atoms with van der Waals surface area (Å²) in [4.78, 5) is 25.7. The van der Waals surface area contributed by atoms with Gasteiger partial charge >= 0.3 is 5.97 Å². The Morgan fingerprint density at radius 1 is 1.47 bits per heavy atom.